The molecular weight excluding hydrogens is 212 g/mol. The first kappa shape index (κ1) is 12.9. The van der Waals surface area contributed by atoms with Crippen LogP contribution in [-0.4, -0.2) is 54.7 Å². The number of amides is 1. The largest absolute Gasteiger partial charge is 0.481 e. The molecule has 0 aromatic carbocycles. The second kappa shape index (κ2) is 6.44. The maximum atomic E-state index is 11.6. The van der Waals surface area contributed by atoms with E-state index in [9.17, 15) is 9.59 Å². The third kappa shape index (κ3) is 3.79. The maximum Gasteiger partial charge on any atom is 0.308 e. The van der Waals surface area contributed by atoms with Crippen LogP contribution in [0.4, 0.5) is 0 Å². The molecule has 0 unspecified atom stereocenters. The molecule has 6 nitrogen and oxygen atoms in total. The first-order chi connectivity index (χ1) is 7.65. The fourth-order valence-corrected chi connectivity index (χ4v) is 1.74. The monoisotopic (exact) mass is 230 g/mol. The molecule has 1 fully saturated rings. The van der Waals surface area contributed by atoms with Gasteiger partial charge in [0, 0.05) is 19.6 Å². The third-order valence-corrected chi connectivity index (χ3v) is 2.61. The van der Waals surface area contributed by atoms with Gasteiger partial charge in [0.05, 0.1) is 12.5 Å². The Morgan fingerprint density at radius 2 is 2.25 bits per heavy atom. The summed E-state index contributed by atoms with van der Waals surface area (Å²) in [4.78, 5) is 24.0. The van der Waals surface area contributed by atoms with Crippen LogP contribution in [-0.2, 0) is 14.3 Å². The lowest BCUT2D eigenvalue weighted by molar-refractivity contribution is -0.146. The van der Waals surface area contributed by atoms with Gasteiger partial charge < -0.3 is 20.5 Å². The van der Waals surface area contributed by atoms with Gasteiger partial charge in [-0.25, -0.2) is 0 Å². The highest BCUT2D eigenvalue weighted by Gasteiger charge is 2.27. The molecule has 1 atom stereocenters. The summed E-state index contributed by atoms with van der Waals surface area (Å²) < 4.78 is 5.03. The van der Waals surface area contributed by atoms with E-state index in [1.807, 2.05) is 0 Å². The van der Waals surface area contributed by atoms with Crippen molar-refractivity contribution in [3.63, 3.8) is 0 Å². The van der Waals surface area contributed by atoms with Gasteiger partial charge in [-0.2, -0.15) is 0 Å². The molecule has 1 heterocycles. The Morgan fingerprint density at radius 3 is 2.88 bits per heavy atom. The summed E-state index contributed by atoms with van der Waals surface area (Å²) >= 11 is 0. The van der Waals surface area contributed by atoms with Crippen molar-refractivity contribution in [2.24, 2.45) is 11.7 Å². The van der Waals surface area contributed by atoms with E-state index in [1.165, 1.54) is 0 Å². The highest BCUT2D eigenvalue weighted by atomic mass is 16.5. The van der Waals surface area contributed by atoms with Crippen LogP contribution in [0.2, 0.25) is 0 Å². The zero-order chi connectivity index (χ0) is 12.0. The van der Waals surface area contributed by atoms with E-state index >= 15 is 0 Å². The quantitative estimate of drug-likeness (QED) is 0.608. The number of rotatable bonds is 5. The van der Waals surface area contributed by atoms with Gasteiger partial charge in [-0.1, -0.05) is 0 Å². The first-order valence-corrected chi connectivity index (χ1v) is 5.43. The highest BCUT2D eigenvalue weighted by Crippen LogP contribution is 2.16. The zero-order valence-electron chi connectivity index (χ0n) is 9.22. The van der Waals surface area contributed by atoms with E-state index in [0.29, 0.717) is 32.7 Å². The van der Waals surface area contributed by atoms with Gasteiger partial charge in [-0.05, 0) is 12.8 Å². The van der Waals surface area contributed by atoms with Crippen molar-refractivity contribution in [3.05, 3.63) is 0 Å². The molecule has 0 bridgehead atoms. The number of piperidine rings is 1. The lowest BCUT2D eigenvalue weighted by Gasteiger charge is -2.30. The summed E-state index contributed by atoms with van der Waals surface area (Å²) in [5.74, 6) is -1.42. The van der Waals surface area contributed by atoms with Crippen LogP contribution >= 0.6 is 0 Å². The van der Waals surface area contributed by atoms with Gasteiger partial charge >= 0.3 is 5.97 Å². The van der Waals surface area contributed by atoms with Crippen LogP contribution in [0.1, 0.15) is 12.8 Å². The number of likely N-dealkylation sites (tertiary alicyclic amines) is 1. The number of carboxylic acids is 1. The number of nitrogens with zero attached hydrogens (tertiary/aromatic N) is 1. The van der Waals surface area contributed by atoms with Crippen molar-refractivity contribution in [1.82, 2.24) is 4.90 Å². The standard InChI is InChI=1S/C10H18N2O4/c11-3-5-16-7-9(13)12-4-1-2-8(6-12)10(14)15/h8H,1-7,11H2,(H,14,15)/t8-/m1/s1. The third-order valence-electron chi connectivity index (χ3n) is 2.61. The number of hydrogen-bond donors (Lipinski definition) is 2. The molecule has 0 aromatic rings. The molecule has 0 saturated carbocycles. The van der Waals surface area contributed by atoms with Crippen LogP contribution in [0.15, 0.2) is 0 Å². The number of carboxylic acid groups (broad SMARTS) is 1. The molecule has 0 aromatic heterocycles. The minimum Gasteiger partial charge on any atom is -0.481 e. The van der Waals surface area contributed by atoms with Gasteiger partial charge in [0.2, 0.25) is 5.91 Å². The van der Waals surface area contributed by atoms with E-state index in [2.05, 4.69) is 0 Å². The Balaban J connectivity index is 2.35. The Hall–Kier alpha value is -1.14. The minimum absolute atomic E-state index is 0.0104. The molecule has 92 valence electrons. The maximum absolute atomic E-state index is 11.6. The normalized spacial score (nSPS) is 20.8. The van der Waals surface area contributed by atoms with E-state index in [4.69, 9.17) is 15.6 Å². The lowest BCUT2D eigenvalue weighted by Crippen LogP contribution is -2.44. The molecule has 0 spiro atoms. The number of ether oxygens (including phenoxy) is 1. The molecule has 1 rings (SSSR count). The van der Waals surface area contributed by atoms with Crippen molar-refractivity contribution >= 4 is 11.9 Å². The van der Waals surface area contributed by atoms with E-state index in [1.54, 1.807) is 4.90 Å². The van der Waals surface area contributed by atoms with Crippen LogP contribution in [0.3, 0.4) is 0 Å². The minimum atomic E-state index is -0.833. The van der Waals surface area contributed by atoms with E-state index < -0.39 is 11.9 Å². The van der Waals surface area contributed by atoms with Gasteiger partial charge in [0.25, 0.3) is 0 Å². The van der Waals surface area contributed by atoms with Crippen LogP contribution < -0.4 is 5.73 Å². The van der Waals surface area contributed by atoms with Crippen LogP contribution in [0.25, 0.3) is 0 Å². The predicted octanol–water partition coefficient (Wildman–Crippen LogP) is -0.715. The Morgan fingerprint density at radius 1 is 1.50 bits per heavy atom. The van der Waals surface area contributed by atoms with Crippen LogP contribution in [0.5, 0.6) is 0 Å². The van der Waals surface area contributed by atoms with Crippen molar-refractivity contribution in [2.45, 2.75) is 12.8 Å². The summed E-state index contributed by atoms with van der Waals surface area (Å²) in [6.45, 7) is 1.63. The van der Waals surface area contributed by atoms with Crippen LogP contribution in [0, 0.1) is 5.92 Å². The molecule has 1 aliphatic rings. The molecule has 1 saturated heterocycles. The van der Waals surface area contributed by atoms with Gasteiger partial charge in [-0.15, -0.1) is 0 Å². The molecule has 16 heavy (non-hydrogen) atoms. The summed E-state index contributed by atoms with van der Waals surface area (Å²) in [6, 6.07) is 0. The average molecular weight is 230 g/mol. The van der Waals surface area contributed by atoms with Gasteiger partial charge in [0.1, 0.15) is 6.61 Å². The fraction of sp³-hybridized carbons (Fsp3) is 0.800. The Kier molecular flexibility index (Phi) is 5.21. The fourth-order valence-electron chi connectivity index (χ4n) is 1.74. The average Bonchev–Trinajstić information content (AvgIpc) is 2.29. The van der Waals surface area contributed by atoms with E-state index in [0.717, 1.165) is 6.42 Å². The number of hydrogen-bond acceptors (Lipinski definition) is 4. The Labute approximate surface area is 94.3 Å². The molecule has 0 aliphatic carbocycles. The lowest BCUT2D eigenvalue weighted by atomic mass is 9.98. The van der Waals surface area contributed by atoms with Gasteiger partial charge in [-0.3, -0.25) is 9.59 Å². The van der Waals surface area contributed by atoms with Crippen molar-refractivity contribution < 1.29 is 19.4 Å². The Bertz CT molecular complexity index is 257. The van der Waals surface area contributed by atoms with Crippen molar-refractivity contribution in [1.29, 1.82) is 0 Å². The summed E-state index contributed by atoms with van der Waals surface area (Å²) in [5, 5.41) is 8.87. The predicted molar refractivity (Wildman–Crippen MR) is 56.8 cm³/mol. The highest BCUT2D eigenvalue weighted by molar-refractivity contribution is 5.79. The molecule has 6 heteroatoms. The number of carbonyl (C=O) groups is 2. The number of carbonyl (C=O) groups excluding carboxylic acids is 1. The summed E-state index contributed by atoms with van der Waals surface area (Å²) in [7, 11) is 0. The van der Waals surface area contributed by atoms with E-state index in [-0.39, 0.29) is 12.5 Å². The molecule has 1 amide bonds. The van der Waals surface area contributed by atoms with Crippen molar-refractivity contribution in [3.8, 4) is 0 Å². The molecule has 1 aliphatic heterocycles. The summed E-state index contributed by atoms with van der Waals surface area (Å²) in [6.07, 6.45) is 1.38. The zero-order valence-corrected chi connectivity index (χ0v) is 9.22. The molecular formula is C10H18N2O4. The topological polar surface area (TPSA) is 92.9 Å². The second-order valence-corrected chi connectivity index (χ2v) is 3.86. The first-order valence-electron chi connectivity index (χ1n) is 5.43. The van der Waals surface area contributed by atoms with Crippen molar-refractivity contribution in [2.75, 3.05) is 32.8 Å². The van der Waals surface area contributed by atoms with Gasteiger partial charge in [0.15, 0.2) is 0 Å². The molecule has 0 radical (unpaired) electrons. The SMILES string of the molecule is NCCOCC(=O)N1CCC[C@@H](C(=O)O)C1. The number of nitrogens with two attached hydrogens (primary N) is 1. The number of aliphatic carboxylic acids is 1. The smallest absolute Gasteiger partial charge is 0.308 e. The summed E-state index contributed by atoms with van der Waals surface area (Å²) in [5.41, 5.74) is 5.23. The molecule has 3 N–H and O–H groups in total. The second-order valence-electron chi connectivity index (χ2n) is 3.86.